The number of benzene rings is 2. The number of ether oxygens (including phenoxy) is 1. The minimum Gasteiger partial charge on any atom is -0.495 e. The second-order valence-corrected chi connectivity index (χ2v) is 7.48. The molecule has 0 unspecified atom stereocenters. The van der Waals surface area contributed by atoms with E-state index in [4.69, 9.17) is 9.15 Å². The molecule has 2 aromatic heterocycles. The number of carbonyl (C=O) groups is 1. The average molecular weight is 381 g/mol. The van der Waals surface area contributed by atoms with E-state index in [9.17, 15) is 4.79 Å². The predicted molar refractivity (Wildman–Crippen MR) is 108 cm³/mol. The van der Waals surface area contributed by atoms with Crippen molar-refractivity contribution in [3.8, 4) is 5.75 Å². The van der Waals surface area contributed by atoms with Gasteiger partial charge in [-0.3, -0.25) is 4.79 Å². The molecule has 0 saturated heterocycles. The van der Waals surface area contributed by atoms with Crippen molar-refractivity contribution in [3.05, 3.63) is 58.8 Å². The molecule has 2 aromatic carbocycles. The van der Waals surface area contributed by atoms with Gasteiger partial charge in [0, 0.05) is 16.8 Å². The van der Waals surface area contributed by atoms with Crippen molar-refractivity contribution >= 4 is 44.9 Å². The van der Waals surface area contributed by atoms with Crippen LogP contribution in [0.5, 0.6) is 5.75 Å². The van der Waals surface area contributed by atoms with Crippen LogP contribution in [0.15, 0.2) is 58.3 Å². The van der Waals surface area contributed by atoms with E-state index in [1.54, 1.807) is 18.4 Å². The van der Waals surface area contributed by atoms with Crippen molar-refractivity contribution in [1.82, 2.24) is 0 Å². The summed E-state index contributed by atoms with van der Waals surface area (Å²) in [6.45, 7) is 2.68. The van der Waals surface area contributed by atoms with Gasteiger partial charge in [-0.2, -0.15) is 0 Å². The highest BCUT2D eigenvalue weighted by molar-refractivity contribution is 7.09. The lowest BCUT2D eigenvalue weighted by molar-refractivity contribution is -0.688. The number of hydrogen-bond donors (Lipinski definition) is 2. The Kier molecular flexibility index (Phi) is 4.83. The van der Waals surface area contributed by atoms with Crippen LogP contribution >= 0.6 is 11.3 Å². The number of quaternary nitrogens is 1. The molecule has 3 N–H and O–H groups in total. The topological polar surface area (TPSA) is 68.1 Å². The first-order valence-electron chi connectivity index (χ1n) is 8.81. The molecule has 0 aliphatic carbocycles. The number of thiophene rings is 1. The number of anilines is 1. The maximum atomic E-state index is 12.6. The van der Waals surface area contributed by atoms with Crippen LogP contribution in [0.25, 0.3) is 21.9 Å². The second kappa shape index (κ2) is 7.42. The average Bonchev–Trinajstić information content (AvgIpc) is 3.32. The molecular weight excluding hydrogens is 360 g/mol. The lowest BCUT2D eigenvalue weighted by Gasteiger charge is -2.13. The highest BCUT2D eigenvalue weighted by Gasteiger charge is 2.19. The Morgan fingerprint density at radius 1 is 1.19 bits per heavy atom. The smallest absolute Gasteiger partial charge is 0.282 e. The van der Waals surface area contributed by atoms with Crippen molar-refractivity contribution in [1.29, 1.82) is 0 Å². The maximum absolute atomic E-state index is 12.6. The Morgan fingerprint density at radius 2 is 2.04 bits per heavy atom. The van der Waals surface area contributed by atoms with Gasteiger partial charge in [0.05, 0.1) is 17.7 Å². The van der Waals surface area contributed by atoms with Crippen LogP contribution in [0.4, 0.5) is 5.69 Å². The Morgan fingerprint density at radius 3 is 2.81 bits per heavy atom. The van der Waals surface area contributed by atoms with E-state index in [1.165, 1.54) is 4.88 Å². The summed E-state index contributed by atoms with van der Waals surface area (Å²) in [7, 11) is 1.60. The number of hydrogen-bond acceptors (Lipinski definition) is 4. The molecule has 0 fully saturated rings. The number of para-hydroxylation sites is 1. The highest BCUT2D eigenvalue weighted by Crippen LogP contribution is 2.36. The summed E-state index contributed by atoms with van der Waals surface area (Å²) in [6, 6.07) is 15.5. The molecule has 2 heterocycles. The van der Waals surface area contributed by atoms with Crippen LogP contribution in [0.2, 0.25) is 0 Å². The monoisotopic (exact) mass is 381 g/mol. The number of nitrogens with one attached hydrogen (secondary N) is 1. The summed E-state index contributed by atoms with van der Waals surface area (Å²) >= 11 is 1.69. The van der Waals surface area contributed by atoms with Crippen molar-refractivity contribution in [2.45, 2.75) is 19.5 Å². The summed E-state index contributed by atoms with van der Waals surface area (Å²) < 4.78 is 11.4. The van der Waals surface area contributed by atoms with Gasteiger partial charge in [-0.25, -0.2) is 0 Å². The first-order chi connectivity index (χ1) is 13.2. The zero-order chi connectivity index (χ0) is 18.8. The van der Waals surface area contributed by atoms with Crippen LogP contribution < -0.4 is 15.4 Å². The molecule has 5 nitrogen and oxygen atoms in total. The van der Waals surface area contributed by atoms with Crippen molar-refractivity contribution in [3.63, 3.8) is 0 Å². The van der Waals surface area contributed by atoms with Gasteiger partial charge in [0.15, 0.2) is 6.04 Å². The summed E-state index contributed by atoms with van der Waals surface area (Å²) in [5, 5.41) is 9.04. The molecule has 1 amide bonds. The molecule has 0 saturated carbocycles. The summed E-state index contributed by atoms with van der Waals surface area (Å²) in [6.07, 6.45) is 0. The molecule has 4 rings (SSSR count). The fraction of sp³-hybridized carbons (Fsp3) is 0.190. The number of furan rings is 1. The van der Waals surface area contributed by atoms with Gasteiger partial charge in [-0.15, -0.1) is 11.3 Å². The lowest BCUT2D eigenvalue weighted by atomic mass is 10.1. The van der Waals surface area contributed by atoms with Gasteiger partial charge < -0.3 is 19.8 Å². The van der Waals surface area contributed by atoms with Crippen LogP contribution in [0.3, 0.4) is 0 Å². The highest BCUT2D eigenvalue weighted by atomic mass is 32.1. The molecule has 0 bridgehead atoms. The molecule has 4 aromatic rings. The van der Waals surface area contributed by atoms with Gasteiger partial charge >= 0.3 is 0 Å². The first-order valence-corrected chi connectivity index (χ1v) is 9.69. The van der Waals surface area contributed by atoms with Crippen LogP contribution in [0.1, 0.15) is 11.8 Å². The molecular formula is C21H21N2O3S+. The summed E-state index contributed by atoms with van der Waals surface area (Å²) in [4.78, 5) is 13.9. The standard InChI is InChI=1S/C21H20N2O3S/c1-13(22-12-14-6-5-9-27-14)21(24)23-17-11-19-16(10-20(17)25-2)15-7-3-4-8-18(15)26-19/h3-11,13,22H,12H2,1-2H3,(H,23,24)/p+1/t13-/m0/s1. The van der Waals surface area contributed by atoms with Gasteiger partial charge in [0.1, 0.15) is 23.5 Å². The Bertz CT molecular complexity index is 1090. The first kappa shape index (κ1) is 17.6. The zero-order valence-electron chi connectivity index (χ0n) is 15.2. The minimum atomic E-state index is -0.219. The minimum absolute atomic E-state index is 0.0692. The molecule has 0 radical (unpaired) electrons. The van der Waals surface area contributed by atoms with Gasteiger partial charge in [0.25, 0.3) is 5.91 Å². The zero-order valence-corrected chi connectivity index (χ0v) is 16.0. The molecule has 0 aliphatic heterocycles. The second-order valence-electron chi connectivity index (χ2n) is 6.44. The van der Waals surface area contributed by atoms with E-state index >= 15 is 0 Å². The third-order valence-electron chi connectivity index (χ3n) is 4.62. The predicted octanol–water partition coefficient (Wildman–Crippen LogP) is 3.75. The van der Waals surface area contributed by atoms with E-state index in [2.05, 4.69) is 11.4 Å². The number of rotatable bonds is 6. The number of fused-ring (bicyclic) bond motifs is 3. The summed E-state index contributed by atoms with van der Waals surface area (Å²) in [5.41, 5.74) is 2.16. The van der Waals surface area contributed by atoms with Gasteiger partial charge in [0.2, 0.25) is 0 Å². The summed E-state index contributed by atoms with van der Waals surface area (Å²) in [5.74, 6) is 0.549. The largest absolute Gasteiger partial charge is 0.495 e. The fourth-order valence-corrected chi connectivity index (χ4v) is 3.77. The number of nitrogens with two attached hydrogens (primary N) is 1. The van der Waals surface area contributed by atoms with Crippen LogP contribution in [-0.4, -0.2) is 19.1 Å². The molecule has 138 valence electrons. The molecule has 1 atom stereocenters. The fourth-order valence-electron chi connectivity index (χ4n) is 3.09. The Balaban J connectivity index is 1.56. The van der Waals surface area contributed by atoms with E-state index in [1.807, 2.05) is 60.1 Å². The van der Waals surface area contributed by atoms with E-state index in [0.717, 1.165) is 28.5 Å². The molecule has 27 heavy (non-hydrogen) atoms. The van der Waals surface area contributed by atoms with Crippen LogP contribution in [0, 0.1) is 0 Å². The van der Waals surface area contributed by atoms with Crippen molar-refractivity contribution in [2.24, 2.45) is 0 Å². The lowest BCUT2D eigenvalue weighted by Crippen LogP contribution is -2.90. The normalized spacial score (nSPS) is 12.4. The third-order valence-corrected chi connectivity index (χ3v) is 5.52. The van der Waals surface area contributed by atoms with E-state index in [0.29, 0.717) is 11.4 Å². The SMILES string of the molecule is COc1cc2c(cc1NC(=O)[C@H](C)[NH2+]Cc1cccs1)oc1ccccc12. The Hall–Kier alpha value is -2.83. The molecule has 6 heteroatoms. The maximum Gasteiger partial charge on any atom is 0.282 e. The van der Waals surface area contributed by atoms with Crippen LogP contribution in [-0.2, 0) is 11.3 Å². The number of carbonyl (C=O) groups excluding carboxylic acids is 1. The number of amides is 1. The van der Waals surface area contributed by atoms with E-state index < -0.39 is 0 Å². The third kappa shape index (κ3) is 3.54. The van der Waals surface area contributed by atoms with Gasteiger partial charge in [-0.05, 0) is 30.5 Å². The van der Waals surface area contributed by atoms with E-state index in [-0.39, 0.29) is 11.9 Å². The van der Waals surface area contributed by atoms with Crippen molar-refractivity contribution in [2.75, 3.05) is 12.4 Å². The quantitative estimate of drug-likeness (QED) is 0.535. The number of methoxy groups -OCH3 is 1. The van der Waals surface area contributed by atoms with Crippen molar-refractivity contribution < 1.29 is 19.3 Å². The molecule has 0 aliphatic rings. The Labute approximate surface area is 160 Å². The van der Waals surface area contributed by atoms with Gasteiger partial charge in [-0.1, -0.05) is 24.3 Å². The molecule has 0 spiro atoms.